The van der Waals surface area contributed by atoms with Gasteiger partial charge < -0.3 is 33.4 Å². The maximum Gasteiger partial charge on any atom is 0.341 e. The van der Waals surface area contributed by atoms with Crippen LogP contribution < -0.4 is 19.5 Å². The third-order valence-corrected chi connectivity index (χ3v) is 5.48. The fourth-order valence-electron chi connectivity index (χ4n) is 4.02. The van der Waals surface area contributed by atoms with Gasteiger partial charge in [-0.3, -0.25) is 0 Å². The minimum absolute atomic E-state index is 0.0554. The Morgan fingerprint density at radius 2 is 2.03 bits per heavy atom. The molecular formula is C19H19N5O6. The molecule has 0 amide bonds. The Labute approximate surface area is 170 Å². The van der Waals surface area contributed by atoms with E-state index in [1.54, 1.807) is 29.1 Å². The second kappa shape index (κ2) is 7.27. The normalized spacial score (nSPS) is 26.8. The van der Waals surface area contributed by atoms with Gasteiger partial charge in [-0.05, 0) is 34.7 Å². The summed E-state index contributed by atoms with van der Waals surface area (Å²) in [5, 5.41) is 15.4. The van der Waals surface area contributed by atoms with Crippen molar-refractivity contribution in [2.24, 2.45) is 0 Å². The van der Waals surface area contributed by atoms with Crippen LogP contribution in [-0.4, -0.2) is 58.5 Å². The van der Waals surface area contributed by atoms with Gasteiger partial charge in [0.1, 0.15) is 29.8 Å². The van der Waals surface area contributed by atoms with Crippen LogP contribution in [0.1, 0.15) is 11.8 Å². The fraction of sp³-hybridized carbons (Fsp3) is 0.421. The number of furan rings is 1. The molecule has 1 N–H and O–H groups in total. The summed E-state index contributed by atoms with van der Waals surface area (Å²) < 4.78 is 35.7. The number of fused-ring (bicyclic) bond motifs is 2. The van der Waals surface area contributed by atoms with Crippen molar-refractivity contribution < 1.29 is 28.1 Å². The first kappa shape index (κ1) is 17.7. The maximum absolute atomic E-state index is 6.03. The molecule has 0 saturated carbocycles. The van der Waals surface area contributed by atoms with E-state index in [1.165, 1.54) is 0 Å². The van der Waals surface area contributed by atoms with E-state index < -0.39 is 0 Å². The zero-order chi connectivity index (χ0) is 19.9. The highest BCUT2D eigenvalue weighted by atomic mass is 16.7. The highest BCUT2D eigenvalue weighted by Gasteiger charge is 2.49. The quantitative estimate of drug-likeness (QED) is 0.634. The number of hydrogen-bond acceptors (Lipinski definition) is 10. The summed E-state index contributed by atoms with van der Waals surface area (Å²) in [6.07, 6.45) is 1.38. The van der Waals surface area contributed by atoms with Gasteiger partial charge in [0.2, 0.25) is 6.79 Å². The van der Waals surface area contributed by atoms with Gasteiger partial charge >= 0.3 is 6.01 Å². The molecule has 2 saturated heterocycles. The van der Waals surface area contributed by atoms with Crippen LogP contribution in [0.15, 0.2) is 41.0 Å². The molecule has 156 valence electrons. The van der Waals surface area contributed by atoms with Crippen molar-refractivity contribution in [1.29, 1.82) is 0 Å². The molecule has 2 fully saturated rings. The predicted octanol–water partition coefficient (Wildman–Crippen LogP) is 1.28. The summed E-state index contributed by atoms with van der Waals surface area (Å²) in [5.41, 5.74) is 0. The molecule has 0 aliphatic carbocycles. The Morgan fingerprint density at radius 1 is 1.10 bits per heavy atom. The number of nitrogens with zero attached hydrogens (tertiary/aromatic N) is 4. The molecule has 3 aromatic rings. The van der Waals surface area contributed by atoms with Gasteiger partial charge in [-0.2, -0.15) is 4.68 Å². The van der Waals surface area contributed by atoms with Gasteiger partial charge in [-0.25, -0.2) is 0 Å². The van der Waals surface area contributed by atoms with E-state index in [9.17, 15) is 0 Å². The number of tetrazole rings is 1. The van der Waals surface area contributed by atoms with E-state index in [2.05, 4.69) is 20.8 Å². The van der Waals surface area contributed by atoms with E-state index in [1.807, 2.05) is 12.1 Å². The van der Waals surface area contributed by atoms with Crippen molar-refractivity contribution in [3.8, 4) is 23.3 Å². The predicted molar refractivity (Wildman–Crippen MR) is 98.3 cm³/mol. The van der Waals surface area contributed by atoms with Gasteiger partial charge in [-0.1, -0.05) is 5.10 Å². The number of aromatic nitrogens is 4. The molecule has 5 heterocycles. The zero-order valence-electron chi connectivity index (χ0n) is 15.8. The van der Waals surface area contributed by atoms with Crippen LogP contribution in [0.5, 0.6) is 23.3 Å². The van der Waals surface area contributed by atoms with E-state index >= 15 is 0 Å². The summed E-state index contributed by atoms with van der Waals surface area (Å²) in [4.78, 5) is 0. The second-order valence-corrected chi connectivity index (χ2v) is 7.25. The lowest BCUT2D eigenvalue weighted by Gasteiger charge is -2.17. The van der Waals surface area contributed by atoms with Gasteiger partial charge in [0.15, 0.2) is 11.5 Å². The SMILES string of the molecule is c1coc(CN[C@H]2CO[C@H]3[C@@H]2OC[C@@H]3n2nnnc2Oc2ccc3c(c2)OCO3)c1. The van der Waals surface area contributed by atoms with Crippen LogP contribution in [0.3, 0.4) is 0 Å². The molecule has 11 nitrogen and oxygen atoms in total. The Bertz CT molecular complexity index is 1020. The third kappa shape index (κ3) is 3.07. The number of ether oxygens (including phenoxy) is 5. The van der Waals surface area contributed by atoms with Crippen LogP contribution in [0.2, 0.25) is 0 Å². The van der Waals surface area contributed by atoms with Gasteiger partial charge in [0.25, 0.3) is 0 Å². The van der Waals surface area contributed by atoms with Crippen molar-refractivity contribution in [2.45, 2.75) is 30.8 Å². The van der Waals surface area contributed by atoms with Crippen molar-refractivity contribution in [1.82, 2.24) is 25.5 Å². The van der Waals surface area contributed by atoms with Crippen molar-refractivity contribution >= 4 is 0 Å². The Balaban J connectivity index is 1.15. The molecule has 6 rings (SSSR count). The molecule has 3 aliphatic heterocycles. The lowest BCUT2D eigenvalue weighted by Crippen LogP contribution is -2.40. The van der Waals surface area contributed by atoms with Crippen LogP contribution in [-0.2, 0) is 16.0 Å². The fourth-order valence-corrected chi connectivity index (χ4v) is 4.02. The average molecular weight is 413 g/mol. The van der Waals surface area contributed by atoms with Gasteiger partial charge in [-0.15, -0.1) is 0 Å². The highest BCUT2D eigenvalue weighted by Crippen LogP contribution is 2.38. The van der Waals surface area contributed by atoms with Gasteiger partial charge in [0.05, 0.1) is 32.1 Å². The Morgan fingerprint density at radius 3 is 2.97 bits per heavy atom. The summed E-state index contributed by atoms with van der Waals surface area (Å²) in [7, 11) is 0. The summed E-state index contributed by atoms with van der Waals surface area (Å²) in [5.74, 6) is 2.73. The maximum atomic E-state index is 6.03. The Hall–Kier alpha value is -3.15. The number of nitrogens with one attached hydrogen (secondary N) is 1. The molecule has 1 aromatic carbocycles. The molecule has 11 heteroatoms. The van der Waals surface area contributed by atoms with E-state index in [-0.39, 0.29) is 37.1 Å². The third-order valence-electron chi connectivity index (χ3n) is 5.48. The zero-order valence-corrected chi connectivity index (χ0v) is 15.8. The molecule has 30 heavy (non-hydrogen) atoms. The summed E-state index contributed by atoms with van der Waals surface area (Å²) in [6.45, 7) is 1.77. The lowest BCUT2D eigenvalue weighted by molar-refractivity contribution is 0.0611. The molecule has 0 radical (unpaired) electrons. The standard InChI is InChI=1S/C19H19N5O6/c1-2-12(25-5-1)7-20-13-8-26-18-14(9-27-17(13)18)24-19(21-22-23-24)30-11-3-4-15-16(6-11)29-10-28-15/h1-6,13-14,17-18,20H,7-10H2/t13-,14-,17+,18+/m0/s1. The molecular weight excluding hydrogens is 394 g/mol. The topological polar surface area (TPSA) is 115 Å². The summed E-state index contributed by atoms with van der Waals surface area (Å²) >= 11 is 0. The number of rotatable bonds is 6. The molecule has 0 spiro atoms. The Kier molecular flexibility index (Phi) is 4.29. The van der Waals surface area contributed by atoms with Crippen LogP contribution in [0, 0.1) is 0 Å². The summed E-state index contributed by atoms with van der Waals surface area (Å²) in [6, 6.07) is 9.24. The molecule has 0 unspecified atom stereocenters. The molecule has 3 aliphatic rings. The van der Waals surface area contributed by atoms with E-state index in [0.29, 0.717) is 37.0 Å². The van der Waals surface area contributed by atoms with Crippen molar-refractivity contribution in [3.63, 3.8) is 0 Å². The number of benzene rings is 1. The van der Waals surface area contributed by atoms with Crippen LogP contribution in [0.4, 0.5) is 0 Å². The van der Waals surface area contributed by atoms with Crippen LogP contribution in [0.25, 0.3) is 0 Å². The lowest BCUT2D eigenvalue weighted by atomic mass is 10.1. The first-order valence-electron chi connectivity index (χ1n) is 9.69. The average Bonchev–Trinajstić information content (AvgIpc) is 3.55. The molecule has 0 bridgehead atoms. The smallest absolute Gasteiger partial charge is 0.341 e. The molecule has 4 atom stereocenters. The van der Waals surface area contributed by atoms with Crippen molar-refractivity contribution in [2.75, 3.05) is 20.0 Å². The van der Waals surface area contributed by atoms with Crippen LogP contribution >= 0.6 is 0 Å². The monoisotopic (exact) mass is 413 g/mol. The second-order valence-electron chi connectivity index (χ2n) is 7.25. The van der Waals surface area contributed by atoms with Crippen molar-refractivity contribution in [3.05, 3.63) is 42.4 Å². The van der Waals surface area contributed by atoms with E-state index in [4.69, 9.17) is 28.1 Å². The largest absolute Gasteiger partial charge is 0.468 e. The minimum Gasteiger partial charge on any atom is -0.468 e. The first-order valence-corrected chi connectivity index (χ1v) is 9.69. The highest BCUT2D eigenvalue weighted by molar-refractivity contribution is 5.47. The number of hydrogen-bond donors (Lipinski definition) is 1. The minimum atomic E-state index is -0.190. The molecule has 2 aromatic heterocycles. The first-order chi connectivity index (χ1) is 14.8. The van der Waals surface area contributed by atoms with Gasteiger partial charge in [0, 0.05) is 6.07 Å². The van der Waals surface area contributed by atoms with E-state index in [0.717, 1.165) is 5.76 Å².